The van der Waals surface area contributed by atoms with Crippen LogP contribution in [0.1, 0.15) is 89.6 Å². The number of hydrazine groups is 1. The van der Waals surface area contributed by atoms with Gasteiger partial charge in [0.25, 0.3) is 5.91 Å². The second-order valence-corrected chi connectivity index (χ2v) is 20.4. The molecule has 6 bridgehead atoms. The zero-order chi connectivity index (χ0) is 45.7. The number of benzene rings is 1. The Labute approximate surface area is 433 Å². The number of urea groups is 1. The number of ether oxygens (including phenoxy) is 2. The number of likely N-dealkylation sites (N-methyl/N-ethyl adjacent to an activating group) is 2. The number of aromatic nitrogens is 3. The van der Waals surface area contributed by atoms with Gasteiger partial charge in [-0.15, -0.1) is 11.3 Å². The Morgan fingerprint density at radius 2 is 1.81 bits per heavy atom. The number of nitrogens with zero attached hydrogens (tertiary/aromatic N) is 7. The highest BCUT2D eigenvalue weighted by molar-refractivity contribution is 7.59. The minimum Gasteiger partial charge on any atom is -0.464 e. The molecule has 0 radical (unpaired) electrons. The van der Waals surface area contributed by atoms with E-state index in [9.17, 15) is 19.2 Å². The van der Waals surface area contributed by atoms with Crippen molar-refractivity contribution in [1.82, 2.24) is 45.0 Å². The molecular weight excluding hydrogens is 959 g/mol. The average Bonchev–Trinajstić information content (AvgIpc) is 4.00. The predicted molar refractivity (Wildman–Crippen MR) is 289 cm³/mol. The van der Waals surface area contributed by atoms with E-state index in [2.05, 4.69) is 72.3 Å². The number of hydrogen-bond acceptors (Lipinski definition) is 11. The first-order valence-electron chi connectivity index (χ1n) is 22.9. The lowest BCUT2D eigenvalue weighted by Gasteiger charge is -2.52. The number of carbonyl (C=O) groups is 4. The molecule has 3 aromatic heterocycles. The van der Waals surface area contributed by atoms with Crippen LogP contribution in [0.5, 0.6) is 0 Å². The van der Waals surface area contributed by atoms with Gasteiger partial charge in [0.15, 0.2) is 0 Å². The third-order valence-corrected chi connectivity index (χ3v) is 14.6. The predicted octanol–water partition coefficient (Wildman–Crippen LogP) is 6.51. The fourth-order valence-electron chi connectivity index (χ4n) is 10.6. The number of hydrogen-bond donors (Lipinski definition) is 2. The highest BCUT2D eigenvalue weighted by Crippen LogP contribution is 2.42. The number of fused-ring (bicyclic) bond motifs is 6. The maximum absolute atomic E-state index is 14.7. The highest BCUT2D eigenvalue weighted by Gasteiger charge is 2.52. The van der Waals surface area contributed by atoms with Gasteiger partial charge in [-0.1, -0.05) is 33.8 Å². The van der Waals surface area contributed by atoms with Gasteiger partial charge in [0.05, 0.1) is 40.3 Å². The van der Waals surface area contributed by atoms with E-state index in [0.29, 0.717) is 43.9 Å². The summed E-state index contributed by atoms with van der Waals surface area (Å²) in [7, 11) is 5.44. The Hall–Kier alpha value is -3.50. The van der Waals surface area contributed by atoms with Gasteiger partial charge in [0, 0.05) is 92.3 Å². The standard InChI is InChI=1S/C48H65N9O6S.4H2S/c1-10-55-38-17-16-31-22-33(38)34(42(55)32-14-11-19-49-40(32)30(4)62-9)24-47(5,6)28-63-45(60)35-15-12-21-57(52-35)44(59)36(23-39-50-37(31)25-64-39)51-43(58)41(29(2)3)54(8)46(61)56-20-13-18-48(56)26-53(7)27-48;;;;/h11,14,16-17,19,22,25,29-30,35-36,41,52H,10,12-13,15,18,20-21,23-24,26-28H2,1-9H3,(H,51,58);4*1H2/t30-,35-,36-,41-;;;;/m0..../s1. The zero-order valence-electron chi connectivity index (χ0n) is 40.9. The summed E-state index contributed by atoms with van der Waals surface area (Å²) in [6, 6.07) is 7.69. The number of cyclic esters (lactones) is 1. The molecule has 1 spiro atoms. The molecule has 3 fully saturated rings. The Morgan fingerprint density at radius 3 is 2.49 bits per heavy atom. The number of aryl methyl sites for hydroxylation is 1. The van der Waals surface area contributed by atoms with Crippen molar-refractivity contribution < 1.29 is 28.7 Å². The van der Waals surface area contributed by atoms with Crippen molar-refractivity contribution in [1.29, 1.82) is 0 Å². The summed E-state index contributed by atoms with van der Waals surface area (Å²) in [5.41, 5.74) is 9.23. The first-order valence-corrected chi connectivity index (χ1v) is 23.8. The van der Waals surface area contributed by atoms with Gasteiger partial charge in [-0.25, -0.2) is 15.2 Å². The first-order chi connectivity index (χ1) is 30.5. The normalized spacial score (nSPS) is 21.0. The number of amides is 4. The first kappa shape index (κ1) is 57.1. The lowest BCUT2D eigenvalue weighted by atomic mass is 9.84. The number of nitrogens with one attached hydrogen (secondary N) is 2. The monoisotopic (exact) mass is 1030 g/mol. The molecule has 0 aliphatic carbocycles. The summed E-state index contributed by atoms with van der Waals surface area (Å²) in [5, 5.41) is 8.28. The summed E-state index contributed by atoms with van der Waals surface area (Å²) in [6.07, 6.45) is 5.19. The van der Waals surface area contributed by atoms with Crippen LogP contribution in [0.4, 0.5) is 4.79 Å². The van der Waals surface area contributed by atoms with E-state index in [-0.39, 0.29) is 96.5 Å². The van der Waals surface area contributed by atoms with E-state index in [4.69, 9.17) is 19.4 Å². The molecule has 3 saturated heterocycles. The molecule has 4 aliphatic rings. The number of carbonyl (C=O) groups excluding carboxylic acids is 4. The quantitative estimate of drug-likeness (QED) is 0.187. The van der Waals surface area contributed by atoms with Crippen LogP contribution in [-0.2, 0) is 43.2 Å². The van der Waals surface area contributed by atoms with Crippen LogP contribution in [0.2, 0.25) is 0 Å². The number of pyridine rings is 1. The molecule has 8 rings (SSSR count). The molecule has 1 aromatic carbocycles. The van der Waals surface area contributed by atoms with Crippen LogP contribution in [0.3, 0.4) is 0 Å². The van der Waals surface area contributed by atoms with Crippen LogP contribution >= 0.6 is 65.3 Å². The molecule has 15 nitrogen and oxygen atoms in total. The van der Waals surface area contributed by atoms with Crippen LogP contribution in [0, 0.1) is 11.3 Å². The van der Waals surface area contributed by atoms with E-state index >= 15 is 0 Å². The summed E-state index contributed by atoms with van der Waals surface area (Å²) in [5.74, 6) is -1.47. The summed E-state index contributed by atoms with van der Waals surface area (Å²) in [4.78, 5) is 72.9. The smallest absolute Gasteiger partial charge is 0.324 e. The van der Waals surface area contributed by atoms with Crippen LogP contribution in [-0.4, -0.2) is 136 Å². The number of likely N-dealkylation sites (tertiary alicyclic amines) is 2. The Morgan fingerprint density at radius 1 is 1.07 bits per heavy atom. The molecule has 0 saturated carbocycles. The molecule has 4 aliphatic heterocycles. The van der Waals surface area contributed by atoms with Crippen LogP contribution in [0.15, 0.2) is 41.9 Å². The number of thiazole rings is 1. The van der Waals surface area contributed by atoms with Gasteiger partial charge in [0.1, 0.15) is 18.1 Å². The van der Waals surface area contributed by atoms with Crippen molar-refractivity contribution in [2.75, 3.05) is 54.0 Å². The van der Waals surface area contributed by atoms with Crippen molar-refractivity contribution in [3.05, 3.63) is 58.2 Å². The SMILES string of the molecule is CCn1c(-c2cccnc2[C@H](C)OC)c2c3cc(ccc31)-c1csc(n1)C[C@H](NC(=O)[C@H](C(C)C)N(C)C(=O)N1CCCC13CN(C)C3)C(=O)N1CCC[C@H](N1)C(=O)OCC(C)(C)C2.S.S.S.S. The lowest BCUT2D eigenvalue weighted by molar-refractivity contribution is -0.155. The molecule has 20 heteroatoms. The minimum absolute atomic E-state index is 0. The number of esters is 1. The molecule has 68 heavy (non-hydrogen) atoms. The van der Waals surface area contributed by atoms with E-state index < -0.39 is 35.4 Å². The van der Waals surface area contributed by atoms with E-state index in [0.717, 1.165) is 70.6 Å². The van der Waals surface area contributed by atoms with Crippen molar-refractivity contribution in [2.45, 2.75) is 116 Å². The molecule has 7 heterocycles. The van der Waals surface area contributed by atoms with Gasteiger partial charge in [0.2, 0.25) is 5.91 Å². The highest BCUT2D eigenvalue weighted by atomic mass is 32.1. The van der Waals surface area contributed by atoms with Crippen molar-refractivity contribution >= 4 is 100 Å². The molecule has 4 aromatic rings. The van der Waals surface area contributed by atoms with Gasteiger partial charge in [-0.2, -0.15) is 54.0 Å². The second-order valence-electron chi connectivity index (χ2n) is 19.5. The van der Waals surface area contributed by atoms with Crippen molar-refractivity contribution in [3.8, 4) is 22.5 Å². The molecule has 2 N–H and O–H groups in total. The fourth-order valence-corrected chi connectivity index (χ4v) is 11.4. The fraction of sp³-hybridized carbons (Fsp3) is 0.583. The average molecular weight is 1030 g/mol. The summed E-state index contributed by atoms with van der Waals surface area (Å²) in [6.45, 7) is 15.7. The third kappa shape index (κ3) is 11.2. The largest absolute Gasteiger partial charge is 0.464 e. The molecule has 4 atom stereocenters. The topological polar surface area (TPSA) is 154 Å². The van der Waals surface area contributed by atoms with Gasteiger partial charge < -0.3 is 34.1 Å². The number of rotatable bonds is 8. The lowest BCUT2D eigenvalue weighted by Crippen LogP contribution is -2.69. The Balaban J connectivity index is 0.00000252. The number of methoxy groups -OCH3 is 1. The van der Waals surface area contributed by atoms with E-state index in [1.165, 1.54) is 16.3 Å². The van der Waals surface area contributed by atoms with Crippen LogP contribution in [0.25, 0.3) is 33.4 Å². The molecule has 0 unspecified atom stereocenters. The Bertz CT molecular complexity index is 2420. The summed E-state index contributed by atoms with van der Waals surface area (Å²) < 4.78 is 14.3. The Kier molecular flexibility index (Phi) is 19.4. The maximum atomic E-state index is 14.7. The third-order valence-electron chi connectivity index (χ3n) is 13.7. The van der Waals surface area contributed by atoms with E-state index in [1.807, 2.05) is 37.1 Å². The van der Waals surface area contributed by atoms with E-state index in [1.54, 1.807) is 25.3 Å². The second kappa shape index (κ2) is 23.2. The van der Waals surface area contributed by atoms with Crippen LogP contribution < -0.4 is 10.7 Å². The van der Waals surface area contributed by atoms with Gasteiger partial charge in [-0.3, -0.25) is 24.4 Å². The van der Waals surface area contributed by atoms with Crippen molar-refractivity contribution in [3.63, 3.8) is 0 Å². The molecule has 4 amide bonds. The maximum Gasteiger partial charge on any atom is 0.324 e. The minimum atomic E-state index is -1.03. The zero-order valence-corrected chi connectivity index (χ0v) is 45.7. The van der Waals surface area contributed by atoms with Gasteiger partial charge >= 0.3 is 12.0 Å². The molecular formula is C48H73N9O6S5. The van der Waals surface area contributed by atoms with Gasteiger partial charge in [-0.05, 0) is 88.7 Å². The molecule has 376 valence electrons. The van der Waals surface area contributed by atoms with Crippen molar-refractivity contribution in [2.24, 2.45) is 11.3 Å². The summed E-state index contributed by atoms with van der Waals surface area (Å²) >= 11 is 1.44.